The molecule has 12 heavy (non-hydrogen) atoms. The molecule has 0 aromatic carbocycles. The van der Waals surface area contributed by atoms with Gasteiger partial charge in [-0.1, -0.05) is 13.8 Å². The highest BCUT2D eigenvalue weighted by Gasteiger charge is 2.08. The Bertz CT molecular complexity index is 392. The molecule has 2 rings (SSSR count). The summed E-state index contributed by atoms with van der Waals surface area (Å²) < 4.78 is 0. The van der Waals surface area contributed by atoms with Gasteiger partial charge < -0.3 is 0 Å². The third-order valence-electron chi connectivity index (χ3n) is 1.86. The Balaban J connectivity index is 2.70. The molecule has 0 aliphatic carbocycles. The zero-order valence-corrected chi connectivity index (χ0v) is 7.93. The molecule has 0 spiro atoms. The fourth-order valence-corrected chi connectivity index (χ4v) is 2.22. The monoisotopic (exact) mass is 178 g/mol. The number of hydrogen-bond acceptors (Lipinski definition) is 3. The van der Waals surface area contributed by atoms with Gasteiger partial charge in [0.1, 0.15) is 10.3 Å². The Morgan fingerprint density at radius 1 is 1.25 bits per heavy atom. The van der Waals surface area contributed by atoms with E-state index in [1.807, 2.05) is 0 Å². The topological polar surface area (TPSA) is 25.8 Å². The van der Waals surface area contributed by atoms with Gasteiger partial charge >= 0.3 is 0 Å². The summed E-state index contributed by atoms with van der Waals surface area (Å²) in [5, 5.41) is 2.15. The fourth-order valence-electron chi connectivity index (χ4n) is 1.19. The minimum absolute atomic E-state index is 0.537. The van der Waals surface area contributed by atoms with Crippen molar-refractivity contribution in [2.24, 2.45) is 0 Å². The quantitative estimate of drug-likeness (QED) is 0.671. The second kappa shape index (κ2) is 2.83. The van der Waals surface area contributed by atoms with Gasteiger partial charge in [-0.05, 0) is 16.9 Å². The molecule has 2 aromatic heterocycles. The highest BCUT2D eigenvalue weighted by molar-refractivity contribution is 7.16. The van der Waals surface area contributed by atoms with Crippen LogP contribution in [0.1, 0.15) is 25.3 Å². The van der Waals surface area contributed by atoms with Crippen molar-refractivity contribution in [3.05, 3.63) is 23.3 Å². The molecule has 62 valence electrons. The summed E-state index contributed by atoms with van der Waals surface area (Å²) in [5.74, 6) is 0.537. The molecule has 2 heterocycles. The van der Waals surface area contributed by atoms with E-state index in [-0.39, 0.29) is 0 Å². The zero-order chi connectivity index (χ0) is 8.55. The molecule has 0 aliphatic heterocycles. The number of nitrogens with zero attached hydrogens (tertiary/aromatic N) is 2. The van der Waals surface area contributed by atoms with E-state index >= 15 is 0 Å². The molecule has 2 aromatic rings. The second-order valence-electron chi connectivity index (χ2n) is 3.06. The molecule has 2 nitrogen and oxygen atoms in total. The molecule has 0 atom stereocenters. The zero-order valence-electron chi connectivity index (χ0n) is 7.11. The van der Waals surface area contributed by atoms with Gasteiger partial charge in [-0.3, -0.25) is 4.98 Å². The largest absolute Gasteiger partial charge is 0.252 e. The van der Waals surface area contributed by atoms with Crippen LogP contribution in [0.3, 0.4) is 0 Å². The maximum absolute atomic E-state index is 4.31. The van der Waals surface area contributed by atoms with Gasteiger partial charge in [-0.25, -0.2) is 4.98 Å². The van der Waals surface area contributed by atoms with Crippen LogP contribution in [-0.4, -0.2) is 9.97 Å². The number of hydrogen-bond donors (Lipinski definition) is 0. The first kappa shape index (κ1) is 7.68. The summed E-state index contributed by atoms with van der Waals surface area (Å²) in [6.07, 6.45) is 3.49. The van der Waals surface area contributed by atoms with Gasteiger partial charge in [0, 0.05) is 12.4 Å². The number of fused-ring (bicyclic) bond motifs is 1. The SMILES string of the molecule is CC(C)c1csc2nccnc12. The van der Waals surface area contributed by atoms with Crippen LogP contribution in [0.15, 0.2) is 17.8 Å². The molecular formula is C9H10N2S. The standard InChI is InChI=1S/C9H10N2S/c1-6(2)7-5-12-9-8(7)10-3-4-11-9/h3-6H,1-2H3. The van der Waals surface area contributed by atoms with Crippen molar-refractivity contribution >= 4 is 21.7 Å². The van der Waals surface area contributed by atoms with Crippen molar-refractivity contribution in [1.82, 2.24) is 9.97 Å². The van der Waals surface area contributed by atoms with Crippen molar-refractivity contribution in [2.75, 3.05) is 0 Å². The molecule has 0 radical (unpaired) electrons. The van der Waals surface area contributed by atoms with Gasteiger partial charge in [0.25, 0.3) is 0 Å². The molecule has 0 amide bonds. The summed E-state index contributed by atoms with van der Waals surface area (Å²) in [6.45, 7) is 4.35. The molecule has 0 saturated carbocycles. The minimum Gasteiger partial charge on any atom is -0.252 e. The predicted molar refractivity (Wildman–Crippen MR) is 51.5 cm³/mol. The van der Waals surface area contributed by atoms with Gasteiger partial charge in [0.05, 0.1) is 0 Å². The van der Waals surface area contributed by atoms with E-state index in [9.17, 15) is 0 Å². The smallest absolute Gasteiger partial charge is 0.142 e. The minimum atomic E-state index is 0.537. The lowest BCUT2D eigenvalue weighted by atomic mass is 10.1. The molecule has 0 bridgehead atoms. The average Bonchev–Trinajstić information content (AvgIpc) is 2.47. The van der Waals surface area contributed by atoms with Crippen LogP contribution in [-0.2, 0) is 0 Å². The third-order valence-corrected chi connectivity index (χ3v) is 2.75. The summed E-state index contributed by atoms with van der Waals surface area (Å²) in [4.78, 5) is 9.59. The first-order chi connectivity index (χ1) is 5.79. The Labute approximate surface area is 75.3 Å². The summed E-state index contributed by atoms with van der Waals surface area (Å²) in [6, 6.07) is 0. The Kier molecular flexibility index (Phi) is 1.81. The van der Waals surface area contributed by atoms with E-state index in [1.165, 1.54) is 5.56 Å². The van der Waals surface area contributed by atoms with E-state index < -0.39 is 0 Å². The molecule has 0 N–H and O–H groups in total. The lowest BCUT2D eigenvalue weighted by Crippen LogP contribution is -1.86. The maximum Gasteiger partial charge on any atom is 0.142 e. The van der Waals surface area contributed by atoms with E-state index in [2.05, 4.69) is 29.2 Å². The van der Waals surface area contributed by atoms with E-state index in [0.717, 1.165) is 10.3 Å². The third kappa shape index (κ3) is 1.10. The van der Waals surface area contributed by atoms with Crippen molar-refractivity contribution in [1.29, 1.82) is 0 Å². The maximum atomic E-state index is 4.31. The first-order valence-electron chi connectivity index (χ1n) is 3.97. The summed E-state index contributed by atoms with van der Waals surface area (Å²) in [5.41, 5.74) is 2.38. The van der Waals surface area contributed by atoms with Gasteiger partial charge in [0.15, 0.2) is 0 Å². The normalized spacial score (nSPS) is 11.2. The van der Waals surface area contributed by atoms with Crippen molar-refractivity contribution in [3.8, 4) is 0 Å². The van der Waals surface area contributed by atoms with Gasteiger partial charge in [-0.2, -0.15) is 0 Å². The van der Waals surface area contributed by atoms with Crippen molar-refractivity contribution in [2.45, 2.75) is 19.8 Å². The molecular weight excluding hydrogens is 168 g/mol. The van der Waals surface area contributed by atoms with Crippen molar-refractivity contribution in [3.63, 3.8) is 0 Å². The molecule has 0 saturated heterocycles. The first-order valence-corrected chi connectivity index (χ1v) is 4.85. The summed E-state index contributed by atoms with van der Waals surface area (Å²) >= 11 is 1.67. The van der Waals surface area contributed by atoms with Crippen LogP contribution in [0.5, 0.6) is 0 Å². The highest BCUT2D eigenvalue weighted by Crippen LogP contribution is 2.27. The molecule has 0 unspecified atom stereocenters. The van der Waals surface area contributed by atoms with Crippen LogP contribution in [0.4, 0.5) is 0 Å². The Morgan fingerprint density at radius 2 is 2.00 bits per heavy atom. The Morgan fingerprint density at radius 3 is 2.75 bits per heavy atom. The van der Waals surface area contributed by atoms with Gasteiger partial charge in [0.2, 0.25) is 0 Å². The lowest BCUT2D eigenvalue weighted by Gasteiger charge is -1.99. The molecule has 0 aliphatic rings. The second-order valence-corrected chi connectivity index (χ2v) is 3.91. The van der Waals surface area contributed by atoms with Crippen molar-refractivity contribution < 1.29 is 0 Å². The van der Waals surface area contributed by atoms with Crippen LogP contribution in [0.2, 0.25) is 0 Å². The van der Waals surface area contributed by atoms with Crippen LogP contribution in [0.25, 0.3) is 10.3 Å². The fraction of sp³-hybridized carbons (Fsp3) is 0.333. The average molecular weight is 178 g/mol. The van der Waals surface area contributed by atoms with Gasteiger partial charge in [-0.15, -0.1) is 11.3 Å². The Hall–Kier alpha value is -0.960. The van der Waals surface area contributed by atoms with Crippen LogP contribution >= 0.6 is 11.3 Å². The van der Waals surface area contributed by atoms with E-state index in [0.29, 0.717) is 5.92 Å². The number of aromatic nitrogens is 2. The summed E-state index contributed by atoms with van der Waals surface area (Å²) in [7, 11) is 0. The number of thiophene rings is 1. The van der Waals surface area contributed by atoms with E-state index in [4.69, 9.17) is 0 Å². The van der Waals surface area contributed by atoms with E-state index in [1.54, 1.807) is 23.7 Å². The number of rotatable bonds is 1. The lowest BCUT2D eigenvalue weighted by molar-refractivity contribution is 0.877. The molecule has 3 heteroatoms. The predicted octanol–water partition coefficient (Wildman–Crippen LogP) is 2.81. The van der Waals surface area contributed by atoms with Crippen LogP contribution < -0.4 is 0 Å². The van der Waals surface area contributed by atoms with Crippen LogP contribution in [0, 0.1) is 0 Å². The molecule has 0 fully saturated rings. The highest BCUT2D eigenvalue weighted by atomic mass is 32.1.